The summed E-state index contributed by atoms with van der Waals surface area (Å²) in [6.45, 7) is 1.43. The zero-order valence-corrected chi connectivity index (χ0v) is 15.7. The number of phenolic OH excluding ortho intramolecular Hbond substituents is 1. The zero-order chi connectivity index (χ0) is 20.8. The highest BCUT2D eigenvalue weighted by atomic mass is 16.5. The Hall–Kier alpha value is -3.93. The van der Waals surface area contributed by atoms with Crippen LogP contribution in [0.3, 0.4) is 0 Å². The van der Waals surface area contributed by atoms with Crippen LogP contribution in [0.15, 0.2) is 78.9 Å². The number of benzene rings is 3. The summed E-state index contributed by atoms with van der Waals surface area (Å²) in [6, 6.07) is 21.0. The van der Waals surface area contributed by atoms with E-state index in [1.54, 1.807) is 66.7 Å². The van der Waals surface area contributed by atoms with Gasteiger partial charge in [-0.15, -0.1) is 0 Å². The summed E-state index contributed by atoms with van der Waals surface area (Å²) >= 11 is 0. The van der Waals surface area contributed by atoms with Gasteiger partial charge in [0.15, 0.2) is 5.78 Å². The molecule has 0 aliphatic heterocycles. The number of anilines is 1. The molecule has 0 unspecified atom stereocenters. The van der Waals surface area contributed by atoms with Gasteiger partial charge in [0.05, 0.1) is 0 Å². The van der Waals surface area contributed by atoms with E-state index in [0.717, 1.165) is 0 Å². The highest BCUT2D eigenvalue weighted by molar-refractivity contribution is 6.00. The van der Waals surface area contributed by atoms with Crippen LogP contribution in [0.25, 0.3) is 0 Å². The van der Waals surface area contributed by atoms with Crippen molar-refractivity contribution in [3.63, 3.8) is 0 Å². The van der Waals surface area contributed by atoms with Crippen LogP contribution in [0.1, 0.15) is 39.3 Å². The number of rotatable bonds is 6. The van der Waals surface area contributed by atoms with E-state index in [2.05, 4.69) is 5.32 Å². The molecule has 3 rings (SSSR count). The molecule has 0 heterocycles. The number of carbonyl (C=O) groups is 3. The topological polar surface area (TPSA) is 92.7 Å². The van der Waals surface area contributed by atoms with E-state index in [-0.39, 0.29) is 17.1 Å². The van der Waals surface area contributed by atoms with Gasteiger partial charge in [0.1, 0.15) is 11.3 Å². The monoisotopic (exact) mass is 389 g/mol. The van der Waals surface area contributed by atoms with E-state index in [4.69, 9.17) is 4.74 Å². The van der Waals surface area contributed by atoms with Crippen LogP contribution in [0, 0.1) is 0 Å². The molecule has 6 nitrogen and oxygen atoms in total. The van der Waals surface area contributed by atoms with Crippen molar-refractivity contribution in [3.05, 3.63) is 95.6 Å². The number of Topliss-reactive ketones (excluding diaryl/α,β-unsaturated/α-hetero) is 1. The van der Waals surface area contributed by atoms with Gasteiger partial charge in [0.25, 0.3) is 5.91 Å². The number of amides is 1. The Labute approximate surface area is 167 Å². The third-order valence-electron chi connectivity index (χ3n) is 4.23. The predicted molar refractivity (Wildman–Crippen MR) is 108 cm³/mol. The molecule has 1 amide bonds. The quantitative estimate of drug-likeness (QED) is 0.488. The van der Waals surface area contributed by atoms with Gasteiger partial charge in [-0.25, -0.2) is 4.79 Å². The summed E-state index contributed by atoms with van der Waals surface area (Å²) in [7, 11) is 0. The van der Waals surface area contributed by atoms with E-state index in [1.165, 1.54) is 19.1 Å². The Balaban J connectivity index is 1.87. The van der Waals surface area contributed by atoms with Crippen LogP contribution >= 0.6 is 0 Å². The average molecular weight is 389 g/mol. The second-order valence-electron chi connectivity index (χ2n) is 6.34. The van der Waals surface area contributed by atoms with Crippen molar-refractivity contribution in [1.82, 2.24) is 0 Å². The second kappa shape index (κ2) is 8.84. The van der Waals surface area contributed by atoms with Crippen LogP contribution in [-0.2, 0) is 9.53 Å². The molecule has 0 aromatic heterocycles. The molecule has 6 heteroatoms. The molecule has 0 fully saturated rings. The highest BCUT2D eigenvalue weighted by Crippen LogP contribution is 2.24. The van der Waals surface area contributed by atoms with Gasteiger partial charge in [-0.05, 0) is 31.2 Å². The number of phenols is 1. The summed E-state index contributed by atoms with van der Waals surface area (Å²) in [5, 5.41) is 12.6. The van der Waals surface area contributed by atoms with Crippen molar-refractivity contribution in [2.75, 3.05) is 5.32 Å². The zero-order valence-electron chi connectivity index (χ0n) is 15.7. The number of aromatic hydroxyl groups is 1. The molecule has 2 N–H and O–H groups in total. The SMILES string of the molecule is CC(=O)c1cccc(NC(=O)[C@H](OC(=O)c2ccccc2O)c2ccccc2)c1. The van der Waals surface area contributed by atoms with Crippen molar-refractivity contribution < 1.29 is 24.2 Å². The molecule has 0 bridgehead atoms. The smallest absolute Gasteiger partial charge is 0.343 e. The van der Waals surface area contributed by atoms with Gasteiger partial charge in [-0.2, -0.15) is 0 Å². The number of esters is 1. The maximum Gasteiger partial charge on any atom is 0.343 e. The number of nitrogens with one attached hydrogen (secondary N) is 1. The molecule has 0 aliphatic carbocycles. The van der Waals surface area contributed by atoms with E-state index in [9.17, 15) is 19.5 Å². The van der Waals surface area contributed by atoms with E-state index >= 15 is 0 Å². The largest absolute Gasteiger partial charge is 0.507 e. The van der Waals surface area contributed by atoms with Gasteiger partial charge in [0.2, 0.25) is 6.10 Å². The lowest BCUT2D eigenvalue weighted by molar-refractivity contribution is -0.125. The minimum atomic E-state index is -1.25. The maximum atomic E-state index is 12.9. The van der Waals surface area contributed by atoms with E-state index in [0.29, 0.717) is 16.8 Å². The van der Waals surface area contributed by atoms with Gasteiger partial charge in [0, 0.05) is 16.8 Å². The molecule has 3 aromatic carbocycles. The molecule has 3 aromatic rings. The summed E-state index contributed by atoms with van der Waals surface area (Å²) < 4.78 is 5.44. The summed E-state index contributed by atoms with van der Waals surface area (Å²) in [6.07, 6.45) is -1.25. The Morgan fingerprint density at radius 1 is 0.897 bits per heavy atom. The van der Waals surface area contributed by atoms with Crippen LogP contribution < -0.4 is 5.32 Å². The van der Waals surface area contributed by atoms with Crippen molar-refractivity contribution in [3.8, 4) is 5.75 Å². The number of carbonyl (C=O) groups excluding carboxylic acids is 3. The Morgan fingerprint density at radius 2 is 1.59 bits per heavy atom. The third kappa shape index (κ3) is 4.87. The minimum absolute atomic E-state index is 0.0418. The lowest BCUT2D eigenvalue weighted by Gasteiger charge is -2.18. The number of hydrogen-bond donors (Lipinski definition) is 2. The molecule has 146 valence electrons. The van der Waals surface area contributed by atoms with Crippen molar-refractivity contribution in [2.45, 2.75) is 13.0 Å². The highest BCUT2D eigenvalue weighted by Gasteiger charge is 2.27. The number of hydrogen-bond acceptors (Lipinski definition) is 5. The molecule has 0 aliphatic rings. The molecular weight excluding hydrogens is 370 g/mol. The van der Waals surface area contributed by atoms with E-state index < -0.39 is 18.0 Å². The fourth-order valence-electron chi connectivity index (χ4n) is 2.74. The fourth-order valence-corrected chi connectivity index (χ4v) is 2.74. The lowest BCUT2D eigenvalue weighted by atomic mass is 10.1. The minimum Gasteiger partial charge on any atom is -0.507 e. The first-order valence-corrected chi connectivity index (χ1v) is 8.91. The fraction of sp³-hybridized carbons (Fsp3) is 0.0870. The Morgan fingerprint density at radius 3 is 2.28 bits per heavy atom. The standard InChI is InChI=1S/C23H19NO5/c1-15(25)17-10-7-11-18(14-17)24-22(27)21(16-8-3-2-4-9-16)29-23(28)19-12-5-6-13-20(19)26/h2-14,21,26H,1H3,(H,24,27)/t21-/m1/s1. The van der Waals surface area contributed by atoms with Gasteiger partial charge in [-0.1, -0.05) is 54.6 Å². The first-order chi connectivity index (χ1) is 14.0. The Kier molecular flexibility index (Phi) is 6.04. The van der Waals surface area contributed by atoms with E-state index in [1.807, 2.05) is 0 Å². The van der Waals surface area contributed by atoms with Crippen molar-refractivity contribution >= 4 is 23.3 Å². The van der Waals surface area contributed by atoms with Gasteiger partial charge in [-0.3, -0.25) is 9.59 Å². The molecular formula is C23H19NO5. The maximum absolute atomic E-state index is 12.9. The van der Waals surface area contributed by atoms with Crippen LogP contribution in [0.5, 0.6) is 5.75 Å². The summed E-state index contributed by atoms with van der Waals surface area (Å²) in [4.78, 5) is 37.0. The summed E-state index contributed by atoms with van der Waals surface area (Å²) in [5.41, 5.74) is 1.28. The number of ketones is 1. The molecule has 0 spiro atoms. The molecule has 0 saturated heterocycles. The second-order valence-corrected chi connectivity index (χ2v) is 6.34. The first-order valence-electron chi connectivity index (χ1n) is 8.91. The number of ether oxygens (including phenoxy) is 1. The van der Waals surface area contributed by atoms with Crippen LogP contribution in [0.2, 0.25) is 0 Å². The van der Waals surface area contributed by atoms with Crippen LogP contribution in [0.4, 0.5) is 5.69 Å². The van der Waals surface area contributed by atoms with Crippen molar-refractivity contribution in [2.24, 2.45) is 0 Å². The average Bonchev–Trinajstić information content (AvgIpc) is 2.73. The molecule has 1 atom stereocenters. The number of para-hydroxylation sites is 1. The normalized spacial score (nSPS) is 11.3. The van der Waals surface area contributed by atoms with Gasteiger partial charge < -0.3 is 15.2 Å². The summed E-state index contributed by atoms with van der Waals surface area (Å²) in [5.74, 6) is -1.78. The molecule has 29 heavy (non-hydrogen) atoms. The third-order valence-corrected chi connectivity index (χ3v) is 4.23. The first kappa shape index (κ1) is 19.8. The van der Waals surface area contributed by atoms with Crippen LogP contribution in [-0.4, -0.2) is 22.8 Å². The predicted octanol–water partition coefficient (Wildman–Crippen LogP) is 4.13. The lowest BCUT2D eigenvalue weighted by Crippen LogP contribution is -2.26. The Bertz CT molecular complexity index is 1050. The molecule has 0 radical (unpaired) electrons. The molecule has 0 saturated carbocycles. The van der Waals surface area contributed by atoms with Crippen molar-refractivity contribution in [1.29, 1.82) is 0 Å². The van der Waals surface area contributed by atoms with Gasteiger partial charge >= 0.3 is 5.97 Å².